The number of unbranched alkanes of at least 4 members (excludes halogenated alkanes) is 2. The number of hydrogen-bond acceptors (Lipinski definition) is 14. The zero-order valence-electron chi connectivity index (χ0n) is 49.5. The minimum Gasteiger partial charge on any atom is -0.481 e. The Balaban J connectivity index is 1.33. The van der Waals surface area contributed by atoms with E-state index in [4.69, 9.17) is 14.2 Å². The van der Waals surface area contributed by atoms with E-state index in [-0.39, 0.29) is 109 Å². The molecular formula is C61H91N5O13S. The predicted octanol–water partition coefficient (Wildman–Crippen LogP) is 8.37. The number of ether oxygens (including phenoxy) is 3. The van der Waals surface area contributed by atoms with E-state index in [0.29, 0.717) is 62.9 Å². The summed E-state index contributed by atoms with van der Waals surface area (Å²) < 4.78 is 17.7. The molecule has 0 aliphatic carbocycles. The Bertz CT molecular complexity index is 2390. The third-order valence-electron chi connectivity index (χ3n) is 16.3. The summed E-state index contributed by atoms with van der Waals surface area (Å²) in [6.07, 6.45) is 4.11. The van der Waals surface area contributed by atoms with Crippen LogP contribution < -0.4 is 5.32 Å². The minimum atomic E-state index is -1.05. The van der Waals surface area contributed by atoms with Gasteiger partial charge in [-0.05, 0) is 79.4 Å². The fraction of sp³-hybridized carbons (Fsp3) is 0.656. The molecule has 2 unspecified atom stereocenters. The first-order valence-electron chi connectivity index (χ1n) is 28.5. The van der Waals surface area contributed by atoms with Crippen LogP contribution in [0.5, 0.6) is 0 Å². The molecule has 444 valence electrons. The lowest BCUT2D eigenvalue weighted by atomic mass is 9.83. The van der Waals surface area contributed by atoms with Crippen molar-refractivity contribution in [1.82, 2.24) is 19.6 Å². The molecule has 19 heteroatoms. The van der Waals surface area contributed by atoms with Gasteiger partial charge in [0.2, 0.25) is 23.6 Å². The maximum atomic E-state index is 14.8. The number of ketones is 3. The largest absolute Gasteiger partial charge is 0.481 e. The fourth-order valence-corrected chi connectivity index (χ4v) is 12.0. The van der Waals surface area contributed by atoms with E-state index in [1.165, 1.54) is 42.8 Å². The minimum absolute atomic E-state index is 0.0325. The summed E-state index contributed by atoms with van der Waals surface area (Å²) in [5.74, 6) is -5.43. The predicted molar refractivity (Wildman–Crippen MR) is 309 cm³/mol. The fourth-order valence-electron chi connectivity index (χ4n) is 11.4. The van der Waals surface area contributed by atoms with Gasteiger partial charge < -0.3 is 39.3 Å². The van der Waals surface area contributed by atoms with Gasteiger partial charge in [0.05, 0.1) is 54.5 Å². The van der Waals surface area contributed by atoms with Crippen molar-refractivity contribution in [3.05, 3.63) is 65.7 Å². The van der Waals surface area contributed by atoms with Gasteiger partial charge >= 0.3 is 12.1 Å². The molecule has 0 radical (unpaired) electrons. The molecule has 0 saturated carbocycles. The van der Waals surface area contributed by atoms with Gasteiger partial charge in [0, 0.05) is 84.6 Å². The standard InChI is InChI=1S/C61H91N5O13S/c1-13-40(6)56(51(77-10)34-53(70)65-30-20-24-48(65)57(78-11)41(7)49(68)32-44(60(74)75)31-42-21-16-14-17-22-42)63(8)58(72)47(38(2)3)33-50(69)55(39(4)5)64(9)61(76)79-37-43-25-27-45(28-26-43)62-36-46(67)23-18-15-19-29-66-54(71)35-52(80-12)59(66)73/h14,16-17,21-22,25-28,38-41,44,47-48,51-52,55-57,62H,13,15,18-20,23-24,29-37H2,1-12H3,(H,74,75)/t40-,41-,44?,47-,48-,51+,52?,55-,56-,57+/m0/s1. The lowest BCUT2D eigenvalue weighted by Crippen LogP contribution is -2.54. The quantitative estimate of drug-likeness (QED) is 0.0488. The molecule has 4 rings (SSSR count). The SMILES string of the molecule is CC[C@H](C)[C@@H]([C@@H](CC(=O)N1CCC[C@H]1[C@H](OC)[C@@H](C)C(=O)CC(Cc1ccccc1)C(=O)O)OC)N(C)C(=O)[C@@H](CC(=O)[C@H](C(C)C)N(C)C(=O)OCc1ccc(NCC(=O)CCCCCN2C(=O)CC(SC)C2=O)cc1)C(C)C. The summed E-state index contributed by atoms with van der Waals surface area (Å²) in [5.41, 5.74) is 2.23. The van der Waals surface area contributed by atoms with Crippen molar-refractivity contribution in [2.45, 2.75) is 168 Å². The number of carboxylic acid groups (broad SMARTS) is 1. The second-order valence-electron chi connectivity index (χ2n) is 22.6. The topological polar surface area (TPSA) is 227 Å². The van der Waals surface area contributed by atoms with Gasteiger partial charge in [-0.2, -0.15) is 11.8 Å². The van der Waals surface area contributed by atoms with Crippen LogP contribution in [0.1, 0.15) is 130 Å². The lowest BCUT2D eigenvalue weighted by Gasteiger charge is -2.41. The Morgan fingerprint density at radius 2 is 1.49 bits per heavy atom. The number of carboxylic acids is 1. The zero-order chi connectivity index (χ0) is 59.4. The third kappa shape index (κ3) is 18.7. The molecule has 2 N–H and O–H groups in total. The van der Waals surface area contributed by atoms with Gasteiger partial charge in [-0.3, -0.25) is 43.3 Å². The van der Waals surface area contributed by atoms with Crippen molar-refractivity contribution in [1.29, 1.82) is 0 Å². The average molecular weight is 1130 g/mol. The number of carbonyl (C=O) groups excluding carboxylic acids is 8. The number of likely N-dealkylation sites (N-methyl/N-ethyl adjacent to an activating group) is 2. The van der Waals surface area contributed by atoms with Crippen molar-refractivity contribution in [3.63, 3.8) is 0 Å². The van der Waals surface area contributed by atoms with Crippen LogP contribution in [0.2, 0.25) is 0 Å². The smallest absolute Gasteiger partial charge is 0.410 e. The first-order valence-corrected chi connectivity index (χ1v) is 29.8. The van der Waals surface area contributed by atoms with Gasteiger partial charge in [0.15, 0.2) is 11.6 Å². The van der Waals surface area contributed by atoms with Gasteiger partial charge in [0.25, 0.3) is 0 Å². The molecule has 0 bridgehead atoms. The molecule has 2 aliphatic heterocycles. The number of anilines is 1. The Morgan fingerprint density at radius 1 is 0.812 bits per heavy atom. The number of likely N-dealkylation sites (tertiary alicyclic amines) is 2. The first kappa shape index (κ1) is 66.8. The summed E-state index contributed by atoms with van der Waals surface area (Å²) >= 11 is 1.39. The molecule has 2 fully saturated rings. The van der Waals surface area contributed by atoms with Crippen molar-refractivity contribution in [3.8, 4) is 0 Å². The molecule has 2 aliphatic rings. The summed E-state index contributed by atoms with van der Waals surface area (Å²) in [5, 5.41) is 12.9. The van der Waals surface area contributed by atoms with Gasteiger partial charge in [-0.25, -0.2) is 4.79 Å². The number of hydrogen-bond donors (Lipinski definition) is 2. The molecule has 0 aromatic heterocycles. The van der Waals surface area contributed by atoms with Crippen LogP contribution in [0, 0.1) is 35.5 Å². The normalized spacial score (nSPS) is 18.5. The Kier molecular flexibility index (Phi) is 27.3. The van der Waals surface area contributed by atoms with Crippen molar-refractivity contribution in [2.75, 3.05) is 59.5 Å². The molecule has 5 amide bonds. The average Bonchev–Trinajstić information content (AvgIpc) is 4.05. The molecule has 10 atom stereocenters. The number of carbonyl (C=O) groups is 9. The van der Waals surface area contributed by atoms with Gasteiger partial charge in [0.1, 0.15) is 12.4 Å². The number of methoxy groups -OCH3 is 2. The number of nitrogens with zero attached hydrogens (tertiary/aromatic N) is 4. The van der Waals surface area contributed by atoms with Crippen LogP contribution in [-0.2, 0) is 65.6 Å². The van der Waals surface area contributed by atoms with Gasteiger partial charge in [-0.15, -0.1) is 0 Å². The number of imide groups is 1. The highest BCUT2D eigenvalue weighted by Gasteiger charge is 2.44. The lowest BCUT2D eigenvalue weighted by molar-refractivity contribution is -0.149. The molecule has 2 aromatic rings. The number of benzene rings is 2. The van der Waals surface area contributed by atoms with Crippen molar-refractivity contribution >= 4 is 70.5 Å². The third-order valence-corrected chi connectivity index (χ3v) is 17.3. The van der Waals surface area contributed by atoms with E-state index in [9.17, 15) is 48.3 Å². The van der Waals surface area contributed by atoms with E-state index in [2.05, 4.69) is 5.32 Å². The summed E-state index contributed by atoms with van der Waals surface area (Å²) in [6.45, 7) is 14.0. The van der Waals surface area contributed by atoms with Crippen LogP contribution in [0.25, 0.3) is 0 Å². The zero-order valence-corrected chi connectivity index (χ0v) is 50.3. The van der Waals surface area contributed by atoms with E-state index in [1.54, 1.807) is 48.0 Å². The van der Waals surface area contributed by atoms with E-state index >= 15 is 0 Å². The maximum Gasteiger partial charge on any atom is 0.410 e. The first-order chi connectivity index (χ1) is 38.0. The monoisotopic (exact) mass is 1130 g/mol. The summed E-state index contributed by atoms with van der Waals surface area (Å²) in [4.78, 5) is 126. The van der Waals surface area contributed by atoms with E-state index in [1.807, 2.05) is 78.1 Å². The second-order valence-corrected chi connectivity index (χ2v) is 23.6. The number of Topliss-reactive ketones (excluding diaryl/α,β-unsaturated/α-hetero) is 3. The number of aliphatic carboxylic acids is 1. The number of rotatable bonds is 35. The van der Waals surface area contributed by atoms with Crippen LogP contribution in [-0.4, -0.2) is 168 Å². The Labute approximate surface area is 479 Å². The molecular weight excluding hydrogens is 1040 g/mol. The van der Waals surface area contributed by atoms with Crippen LogP contribution >= 0.6 is 11.8 Å². The molecule has 2 saturated heterocycles. The van der Waals surface area contributed by atoms with Crippen molar-refractivity contribution < 1.29 is 62.5 Å². The molecule has 18 nitrogen and oxygen atoms in total. The Hall–Kier alpha value is -5.66. The van der Waals surface area contributed by atoms with E-state index in [0.717, 1.165) is 12.0 Å². The van der Waals surface area contributed by atoms with Crippen LogP contribution in [0.15, 0.2) is 54.6 Å². The summed E-state index contributed by atoms with van der Waals surface area (Å²) in [7, 11) is 6.23. The highest BCUT2D eigenvalue weighted by atomic mass is 32.2. The van der Waals surface area contributed by atoms with Crippen molar-refractivity contribution in [2.24, 2.45) is 35.5 Å². The second kappa shape index (κ2) is 32.7. The van der Waals surface area contributed by atoms with Gasteiger partial charge in [-0.1, -0.05) is 104 Å². The molecule has 80 heavy (non-hydrogen) atoms. The number of nitrogens with one attached hydrogen (secondary N) is 1. The number of amides is 5. The highest BCUT2D eigenvalue weighted by Crippen LogP contribution is 2.32. The summed E-state index contributed by atoms with van der Waals surface area (Å²) in [6, 6.07) is 14.4. The number of thioether (sulfide) groups is 1. The van der Waals surface area contributed by atoms with Crippen LogP contribution in [0.4, 0.5) is 10.5 Å². The molecule has 0 spiro atoms. The molecule has 2 aromatic carbocycles. The van der Waals surface area contributed by atoms with Crippen LogP contribution in [0.3, 0.4) is 0 Å². The highest BCUT2D eigenvalue weighted by molar-refractivity contribution is 8.00. The maximum absolute atomic E-state index is 14.8. The Morgan fingerprint density at radius 3 is 2.06 bits per heavy atom. The molecule has 2 heterocycles. The van der Waals surface area contributed by atoms with E-state index < -0.39 is 60.1 Å².